The van der Waals surface area contributed by atoms with E-state index in [4.69, 9.17) is 0 Å². The first-order chi connectivity index (χ1) is 6.74. The van der Waals surface area contributed by atoms with E-state index in [2.05, 4.69) is 10.3 Å². The third-order valence-electron chi connectivity index (χ3n) is 2.69. The molecule has 84 valence electrons. The Bertz CT molecular complexity index is 336. The van der Waals surface area contributed by atoms with Crippen molar-refractivity contribution in [2.45, 2.75) is 38.8 Å². The number of nitrogens with zero attached hydrogens (tertiary/aromatic N) is 2. The molecule has 0 atom stereocenters. The van der Waals surface area contributed by atoms with Gasteiger partial charge in [-0.2, -0.15) is 0 Å². The molecule has 2 N–H and O–H groups in total. The Morgan fingerprint density at radius 1 is 1.40 bits per heavy atom. The van der Waals surface area contributed by atoms with E-state index in [-0.39, 0.29) is 6.03 Å². The van der Waals surface area contributed by atoms with Crippen LogP contribution in [0.25, 0.3) is 0 Å². The second-order valence-electron chi connectivity index (χ2n) is 4.58. The molecule has 0 radical (unpaired) electrons. The highest BCUT2D eigenvalue weighted by Gasteiger charge is 2.36. The fourth-order valence-electron chi connectivity index (χ4n) is 0.864. The molecule has 0 unspecified atom stereocenters. The smallest absolute Gasteiger partial charge is 0.327 e. The minimum atomic E-state index is -0.997. The van der Waals surface area contributed by atoms with Crippen LogP contribution in [0.4, 0.5) is 4.79 Å². The lowest BCUT2D eigenvalue weighted by Crippen LogP contribution is -2.58. The summed E-state index contributed by atoms with van der Waals surface area (Å²) in [4.78, 5) is 15.4. The molecule has 5 heteroatoms. The zero-order chi connectivity index (χ0) is 11.7. The summed E-state index contributed by atoms with van der Waals surface area (Å²) in [5.74, 6) is 0. The van der Waals surface area contributed by atoms with Crippen LogP contribution in [0.15, 0.2) is 18.7 Å². The van der Waals surface area contributed by atoms with E-state index < -0.39 is 11.1 Å². The van der Waals surface area contributed by atoms with Crippen molar-refractivity contribution in [3.05, 3.63) is 18.7 Å². The van der Waals surface area contributed by atoms with Gasteiger partial charge in [0.05, 0.1) is 11.1 Å². The quantitative estimate of drug-likeness (QED) is 0.766. The van der Waals surface area contributed by atoms with Crippen molar-refractivity contribution >= 4 is 6.03 Å². The van der Waals surface area contributed by atoms with E-state index in [9.17, 15) is 9.90 Å². The van der Waals surface area contributed by atoms with Crippen LogP contribution in [0.1, 0.15) is 27.7 Å². The summed E-state index contributed by atoms with van der Waals surface area (Å²) in [5, 5.41) is 12.6. The van der Waals surface area contributed by atoms with Crippen molar-refractivity contribution in [3.8, 4) is 0 Å². The van der Waals surface area contributed by atoms with Crippen LogP contribution < -0.4 is 5.32 Å². The molecule has 1 heterocycles. The van der Waals surface area contributed by atoms with Gasteiger partial charge in [0.15, 0.2) is 0 Å². The van der Waals surface area contributed by atoms with Crippen LogP contribution in [-0.4, -0.2) is 31.8 Å². The highest BCUT2D eigenvalue weighted by Crippen LogP contribution is 2.20. The van der Waals surface area contributed by atoms with Crippen molar-refractivity contribution in [1.82, 2.24) is 14.9 Å². The first kappa shape index (κ1) is 11.7. The largest absolute Gasteiger partial charge is 0.388 e. The molecule has 0 bridgehead atoms. The molecular formula is C10H17N3O2. The standard InChI is InChI=1S/C10H17N3O2/c1-9(2,10(3,4)15)12-8(14)13-6-5-11-7-13/h5-7,15H,1-4H3,(H,12,14). The molecule has 5 nitrogen and oxygen atoms in total. The molecule has 1 aromatic heterocycles. The topological polar surface area (TPSA) is 67.2 Å². The van der Waals surface area contributed by atoms with Gasteiger partial charge in [-0.15, -0.1) is 0 Å². The van der Waals surface area contributed by atoms with Gasteiger partial charge in [-0.3, -0.25) is 4.57 Å². The molecule has 0 aliphatic rings. The number of carbonyl (C=O) groups is 1. The maximum absolute atomic E-state index is 11.7. The first-order valence-electron chi connectivity index (χ1n) is 4.77. The van der Waals surface area contributed by atoms with Gasteiger partial charge in [0.2, 0.25) is 0 Å². The van der Waals surface area contributed by atoms with E-state index in [1.807, 2.05) is 0 Å². The molecule has 0 spiro atoms. The van der Waals surface area contributed by atoms with Gasteiger partial charge < -0.3 is 10.4 Å². The Balaban J connectivity index is 2.75. The number of imidazole rings is 1. The monoisotopic (exact) mass is 211 g/mol. The Kier molecular flexibility index (Phi) is 2.86. The highest BCUT2D eigenvalue weighted by atomic mass is 16.3. The van der Waals surface area contributed by atoms with E-state index in [0.717, 1.165) is 0 Å². The van der Waals surface area contributed by atoms with Crippen molar-refractivity contribution in [1.29, 1.82) is 0 Å². The molecule has 0 fully saturated rings. The molecule has 0 aliphatic heterocycles. The molecule has 15 heavy (non-hydrogen) atoms. The molecular weight excluding hydrogens is 194 g/mol. The lowest BCUT2D eigenvalue weighted by Gasteiger charge is -2.37. The summed E-state index contributed by atoms with van der Waals surface area (Å²) in [6.45, 7) is 6.84. The van der Waals surface area contributed by atoms with Gasteiger partial charge in [0.1, 0.15) is 6.33 Å². The predicted molar refractivity (Wildman–Crippen MR) is 56.5 cm³/mol. The molecule has 1 rings (SSSR count). The van der Waals surface area contributed by atoms with Gasteiger partial charge in [0, 0.05) is 12.4 Å². The normalized spacial score (nSPS) is 12.6. The maximum Gasteiger partial charge on any atom is 0.327 e. The zero-order valence-electron chi connectivity index (χ0n) is 9.48. The van der Waals surface area contributed by atoms with Crippen molar-refractivity contribution < 1.29 is 9.90 Å². The van der Waals surface area contributed by atoms with Gasteiger partial charge in [-0.25, -0.2) is 9.78 Å². The van der Waals surface area contributed by atoms with Gasteiger partial charge in [0.25, 0.3) is 0 Å². The van der Waals surface area contributed by atoms with Crippen LogP contribution in [0, 0.1) is 0 Å². The van der Waals surface area contributed by atoms with Crippen LogP contribution in [0.5, 0.6) is 0 Å². The van der Waals surface area contributed by atoms with Gasteiger partial charge in [-0.05, 0) is 27.7 Å². The van der Waals surface area contributed by atoms with Crippen LogP contribution in [-0.2, 0) is 0 Å². The number of nitrogens with one attached hydrogen (secondary N) is 1. The van der Waals surface area contributed by atoms with Crippen LogP contribution in [0.2, 0.25) is 0 Å². The Morgan fingerprint density at radius 3 is 2.40 bits per heavy atom. The number of hydrogen-bond donors (Lipinski definition) is 2. The highest BCUT2D eigenvalue weighted by molar-refractivity contribution is 5.77. The Hall–Kier alpha value is -1.36. The van der Waals surface area contributed by atoms with Crippen LogP contribution >= 0.6 is 0 Å². The third-order valence-corrected chi connectivity index (χ3v) is 2.69. The van der Waals surface area contributed by atoms with Crippen molar-refractivity contribution in [2.75, 3.05) is 0 Å². The van der Waals surface area contributed by atoms with E-state index in [0.29, 0.717) is 0 Å². The molecule has 1 amide bonds. The summed E-state index contributed by atoms with van der Waals surface area (Å²) in [6.07, 6.45) is 4.49. The lowest BCUT2D eigenvalue weighted by molar-refractivity contribution is 0.00110. The average molecular weight is 211 g/mol. The van der Waals surface area contributed by atoms with E-state index in [1.165, 1.54) is 17.1 Å². The van der Waals surface area contributed by atoms with Gasteiger partial charge >= 0.3 is 6.03 Å². The van der Waals surface area contributed by atoms with Crippen LogP contribution in [0.3, 0.4) is 0 Å². The second-order valence-corrected chi connectivity index (χ2v) is 4.58. The SMILES string of the molecule is CC(C)(O)C(C)(C)NC(=O)n1ccnc1. The Labute approximate surface area is 89.1 Å². The fourth-order valence-corrected chi connectivity index (χ4v) is 0.864. The second kappa shape index (κ2) is 3.66. The number of aliphatic hydroxyl groups is 1. The molecule has 0 saturated carbocycles. The number of hydrogen-bond acceptors (Lipinski definition) is 3. The zero-order valence-corrected chi connectivity index (χ0v) is 9.48. The lowest BCUT2D eigenvalue weighted by atomic mass is 9.86. The third kappa shape index (κ3) is 2.56. The molecule has 1 aromatic rings. The molecule has 0 aliphatic carbocycles. The maximum atomic E-state index is 11.7. The number of aromatic nitrogens is 2. The Morgan fingerprint density at radius 2 is 2.00 bits per heavy atom. The summed E-state index contributed by atoms with van der Waals surface area (Å²) >= 11 is 0. The minimum absolute atomic E-state index is 0.306. The summed E-state index contributed by atoms with van der Waals surface area (Å²) in [7, 11) is 0. The van der Waals surface area contributed by atoms with Gasteiger partial charge in [-0.1, -0.05) is 0 Å². The molecule has 0 saturated heterocycles. The first-order valence-corrected chi connectivity index (χ1v) is 4.77. The van der Waals surface area contributed by atoms with Crippen molar-refractivity contribution in [2.24, 2.45) is 0 Å². The summed E-state index contributed by atoms with van der Waals surface area (Å²) in [5.41, 5.74) is -1.71. The van der Waals surface area contributed by atoms with Crippen molar-refractivity contribution in [3.63, 3.8) is 0 Å². The average Bonchev–Trinajstić information content (AvgIpc) is 2.51. The molecule has 0 aromatic carbocycles. The fraction of sp³-hybridized carbons (Fsp3) is 0.600. The summed E-state index contributed by atoms with van der Waals surface area (Å²) < 4.78 is 1.33. The summed E-state index contributed by atoms with van der Waals surface area (Å²) in [6, 6.07) is -0.306. The number of carbonyl (C=O) groups excluding carboxylic acids is 1. The van der Waals surface area contributed by atoms with E-state index >= 15 is 0 Å². The number of amides is 1. The van der Waals surface area contributed by atoms with E-state index in [1.54, 1.807) is 33.9 Å². The number of rotatable bonds is 2. The minimum Gasteiger partial charge on any atom is -0.388 e. The predicted octanol–water partition coefficient (Wildman–Crippen LogP) is 0.990.